The van der Waals surface area contributed by atoms with Gasteiger partial charge in [0.1, 0.15) is 29.7 Å². The zero-order chi connectivity index (χ0) is 35.4. The number of hydrogen-bond donors (Lipinski definition) is 4. The molecule has 15 heteroatoms. The van der Waals surface area contributed by atoms with Gasteiger partial charge in [-0.2, -0.15) is 0 Å². The number of H-pyrrole nitrogens is 1. The van der Waals surface area contributed by atoms with E-state index in [2.05, 4.69) is 30.9 Å². The summed E-state index contributed by atoms with van der Waals surface area (Å²) >= 11 is 0. The third-order valence-electron chi connectivity index (χ3n) is 8.79. The Kier molecular flexibility index (Phi) is 10.5. The van der Waals surface area contributed by atoms with Crippen LogP contribution >= 0.6 is 0 Å². The minimum Gasteiger partial charge on any atom is -0.453 e. The average Bonchev–Trinajstić information content (AvgIpc) is 3.52. The molecule has 10 nitrogen and oxygen atoms in total. The van der Waals surface area contributed by atoms with Crippen molar-refractivity contribution >= 4 is 29.2 Å². The van der Waals surface area contributed by atoms with Crippen LogP contribution in [-0.2, 0) is 14.3 Å². The van der Waals surface area contributed by atoms with Gasteiger partial charge in [0, 0.05) is 48.6 Å². The molecule has 1 aromatic heterocycles. The van der Waals surface area contributed by atoms with Crippen molar-refractivity contribution < 1.29 is 41.0 Å². The largest absolute Gasteiger partial charge is 0.453 e. The first-order valence-corrected chi connectivity index (χ1v) is 15.8. The molecule has 1 fully saturated rings. The lowest BCUT2D eigenvalue weighted by molar-refractivity contribution is -0.122. The molecule has 0 bridgehead atoms. The fraction of sp³-hybridized carbons (Fsp3) is 0.314. The fourth-order valence-corrected chi connectivity index (χ4v) is 6.18. The summed E-state index contributed by atoms with van der Waals surface area (Å²) in [7, 11) is 1.13. The average molecular weight is 697 g/mol. The van der Waals surface area contributed by atoms with Crippen molar-refractivity contribution in [3.05, 3.63) is 113 Å². The minimum absolute atomic E-state index is 0.169. The quantitative estimate of drug-likeness (QED) is 0.163. The first kappa shape index (κ1) is 34.7. The Morgan fingerprint density at radius 2 is 1.64 bits per heavy atom. The number of fused-ring (bicyclic) bond motifs is 1. The smallest absolute Gasteiger partial charge is 0.407 e. The minimum atomic E-state index is -1.55. The van der Waals surface area contributed by atoms with E-state index in [1.807, 2.05) is 0 Å². The van der Waals surface area contributed by atoms with E-state index in [4.69, 9.17) is 9.47 Å². The Labute approximate surface area is 283 Å². The number of morpholine rings is 1. The number of hydrogen-bond acceptors (Lipinski definition) is 7. The highest BCUT2D eigenvalue weighted by atomic mass is 19.2. The van der Waals surface area contributed by atoms with Crippen LogP contribution in [0.2, 0.25) is 0 Å². The lowest BCUT2D eigenvalue weighted by Gasteiger charge is -2.32. The lowest BCUT2D eigenvalue weighted by Crippen LogP contribution is -2.51. The number of alkyl carbamates (subject to hydrolysis) is 1. The molecule has 3 aromatic carbocycles. The van der Waals surface area contributed by atoms with Crippen molar-refractivity contribution in [2.24, 2.45) is 10.9 Å². The highest BCUT2D eigenvalue weighted by molar-refractivity contribution is 5.89. The van der Waals surface area contributed by atoms with E-state index in [-0.39, 0.29) is 36.4 Å². The van der Waals surface area contributed by atoms with E-state index in [0.717, 1.165) is 25.5 Å². The highest BCUT2D eigenvalue weighted by Gasteiger charge is 2.36. The number of amides is 2. The van der Waals surface area contributed by atoms with Crippen LogP contribution in [0.25, 0.3) is 11.0 Å². The number of aliphatic imine (C=N–C) groups is 1. The number of nitrogens with one attached hydrogen (secondary N) is 4. The number of benzene rings is 3. The summed E-state index contributed by atoms with van der Waals surface area (Å²) in [5.41, 5.74) is 1.67. The number of ether oxygens (including phenoxy) is 2. The van der Waals surface area contributed by atoms with E-state index in [1.165, 1.54) is 54.7 Å². The number of rotatable bonds is 10. The van der Waals surface area contributed by atoms with Crippen molar-refractivity contribution in [3.8, 4) is 0 Å². The molecule has 0 aliphatic carbocycles. The first-order chi connectivity index (χ1) is 24.1. The number of methoxy groups -OCH3 is 1. The standard InChI is InChI=1S/C35H33F5N6O4/c1-49-35(48)46-32(31(18-2-6-20(36)7-3-18)19-4-8-21(37)9-5-19)34(47)45-29-16-41-15-26(40)23(29)11-10-22-14-42-30(17-50-22)33-43-27-12-24(38)25(39)13-28(27)44-33/h2-9,12-13,15-16,22-23,26,30-32,42H,10-11,14,17H2,1H3,(H,43,44)(H,45,47)(H,46,48)/t22-,23?,26?,30+,32+/m1/s1. The zero-order valence-electron chi connectivity index (χ0n) is 26.6. The number of nitrogens with zero attached hydrogens (tertiary/aromatic N) is 2. The summed E-state index contributed by atoms with van der Waals surface area (Å²) in [6.45, 7) is 0.560. The Morgan fingerprint density at radius 1 is 0.980 bits per heavy atom. The molecule has 0 spiro atoms. The molecule has 5 atom stereocenters. The second-order valence-electron chi connectivity index (χ2n) is 12.0. The van der Waals surface area contributed by atoms with Gasteiger partial charge in [0.05, 0.1) is 36.9 Å². The Bertz CT molecular complexity index is 1810. The predicted octanol–water partition coefficient (Wildman–Crippen LogP) is 5.48. The maximum Gasteiger partial charge on any atom is 0.407 e. The molecule has 6 rings (SSSR count). The molecule has 4 N–H and O–H groups in total. The Hall–Kier alpha value is -5.15. The predicted molar refractivity (Wildman–Crippen MR) is 173 cm³/mol. The van der Waals surface area contributed by atoms with E-state index < -0.39 is 59.3 Å². The third-order valence-corrected chi connectivity index (χ3v) is 8.79. The molecule has 0 saturated carbocycles. The lowest BCUT2D eigenvalue weighted by atomic mass is 9.84. The number of halogens is 5. The van der Waals surface area contributed by atoms with Gasteiger partial charge >= 0.3 is 6.09 Å². The number of carbonyl (C=O) groups is 2. The van der Waals surface area contributed by atoms with Gasteiger partial charge in [0.25, 0.3) is 0 Å². The van der Waals surface area contributed by atoms with Crippen LogP contribution in [0.15, 0.2) is 77.6 Å². The Morgan fingerprint density at radius 3 is 2.26 bits per heavy atom. The summed E-state index contributed by atoms with van der Waals surface area (Å²) in [5, 5.41) is 8.56. The van der Waals surface area contributed by atoms with E-state index in [0.29, 0.717) is 35.4 Å². The topological polar surface area (TPSA) is 130 Å². The van der Waals surface area contributed by atoms with Gasteiger partial charge in [-0.3, -0.25) is 9.79 Å². The summed E-state index contributed by atoms with van der Waals surface area (Å²) in [6.07, 6.45) is 0.289. The van der Waals surface area contributed by atoms with Gasteiger partial charge in [0.2, 0.25) is 5.91 Å². The van der Waals surface area contributed by atoms with Crippen molar-refractivity contribution in [3.63, 3.8) is 0 Å². The van der Waals surface area contributed by atoms with Crippen LogP contribution in [0.1, 0.15) is 41.8 Å². The van der Waals surface area contributed by atoms with Gasteiger partial charge in [-0.25, -0.2) is 31.7 Å². The van der Waals surface area contributed by atoms with Crippen LogP contribution in [0, 0.1) is 29.2 Å². The summed E-state index contributed by atoms with van der Waals surface area (Å²) in [4.78, 5) is 37.7. The molecule has 2 unspecified atom stereocenters. The molecular formula is C35H33F5N6O4. The second-order valence-corrected chi connectivity index (χ2v) is 12.0. The van der Waals surface area contributed by atoms with Gasteiger partial charge < -0.3 is 30.4 Å². The maximum atomic E-state index is 15.3. The molecule has 3 heterocycles. The van der Waals surface area contributed by atoms with E-state index in [1.54, 1.807) is 0 Å². The van der Waals surface area contributed by atoms with Gasteiger partial charge in [0.15, 0.2) is 11.6 Å². The van der Waals surface area contributed by atoms with Gasteiger partial charge in [-0.15, -0.1) is 0 Å². The van der Waals surface area contributed by atoms with Crippen LogP contribution in [0.4, 0.5) is 26.7 Å². The highest BCUT2D eigenvalue weighted by Crippen LogP contribution is 2.32. The molecule has 262 valence electrons. The molecule has 0 radical (unpaired) electrons. The zero-order valence-corrected chi connectivity index (χ0v) is 26.6. The molecule has 2 aliphatic rings. The van der Waals surface area contributed by atoms with Crippen LogP contribution in [0.3, 0.4) is 0 Å². The second kappa shape index (κ2) is 15.2. The van der Waals surface area contributed by atoms with Gasteiger partial charge in [-0.1, -0.05) is 24.3 Å². The monoisotopic (exact) mass is 696 g/mol. The number of aromatic nitrogens is 2. The number of carbonyl (C=O) groups excluding carboxylic acids is 2. The van der Waals surface area contributed by atoms with Crippen LogP contribution < -0.4 is 16.0 Å². The third kappa shape index (κ3) is 7.84. The van der Waals surface area contributed by atoms with E-state index in [9.17, 15) is 27.2 Å². The molecule has 2 aliphatic heterocycles. The van der Waals surface area contributed by atoms with Crippen molar-refractivity contribution in [1.82, 2.24) is 25.9 Å². The number of allylic oxidation sites excluding steroid dienone is 1. The maximum absolute atomic E-state index is 15.3. The van der Waals surface area contributed by atoms with Crippen molar-refractivity contribution in [2.45, 2.75) is 43.1 Å². The SMILES string of the molecule is COC(=O)N[C@H](C(=O)NC1=CN=CC(F)C1CC[C@@H]1CN[C@H](c2nc3cc(F)c(F)cc3[nH]2)CO1)C(c1ccc(F)cc1)c1ccc(F)cc1. The number of imidazole rings is 1. The number of alkyl halides is 1. The van der Waals surface area contributed by atoms with Crippen molar-refractivity contribution in [1.29, 1.82) is 0 Å². The van der Waals surface area contributed by atoms with Crippen LogP contribution in [-0.4, -0.2) is 66.8 Å². The summed E-state index contributed by atoms with van der Waals surface area (Å²) < 4.78 is 81.2. The van der Waals surface area contributed by atoms with Gasteiger partial charge in [-0.05, 0) is 48.2 Å². The Balaban J connectivity index is 1.15. The summed E-state index contributed by atoms with van der Waals surface area (Å²) in [6, 6.07) is 10.9. The molecule has 50 heavy (non-hydrogen) atoms. The molecule has 1 saturated heterocycles. The van der Waals surface area contributed by atoms with Crippen LogP contribution in [0.5, 0.6) is 0 Å². The molecular weight excluding hydrogens is 663 g/mol. The molecule has 2 amide bonds. The number of aromatic amines is 1. The fourth-order valence-electron chi connectivity index (χ4n) is 6.18. The normalized spacial score (nSPS) is 21.1. The summed E-state index contributed by atoms with van der Waals surface area (Å²) in [5.74, 6) is -5.06. The van der Waals surface area contributed by atoms with E-state index >= 15 is 4.39 Å². The first-order valence-electron chi connectivity index (χ1n) is 15.8. The molecule has 4 aromatic rings. The van der Waals surface area contributed by atoms with Crippen molar-refractivity contribution in [2.75, 3.05) is 20.3 Å².